The molecule has 128 valence electrons. The molecule has 2 bridgehead atoms. The van der Waals surface area contributed by atoms with Gasteiger partial charge in [-0.15, -0.1) is 0 Å². The number of nitrogens with zero attached hydrogens (tertiary/aromatic N) is 1. The third-order valence-electron chi connectivity index (χ3n) is 5.26. The molecule has 2 heterocycles. The van der Waals surface area contributed by atoms with Gasteiger partial charge in [-0.3, -0.25) is 9.69 Å². The van der Waals surface area contributed by atoms with Crippen molar-refractivity contribution in [2.45, 2.75) is 28.6 Å². The Bertz CT molecular complexity index is 935. The lowest BCUT2D eigenvalue weighted by molar-refractivity contribution is -0.118. The van der Waals surface area contributed by atoms with Crippen LogP contribution in [0.15, 0.2) is 71.6 Å². The van der Waals surface area contributed by atoms with Gasteiger partial charge in [0.1, 0.15) is 0 Å². The number of ketones is 1. The number of hydrogen-bond donors (Lipinski definition) is 0. The maximum absolute atomic E-state index is 13.1. The van der Waals surface area contributed by atoms with Gasteiger partial charge in [0.05, 0.1) is 16.2 Å². The molecule has 0 saturated carbocycles. The van der Waals surface area contributed by atoms with E-state index in [1.165, 1.54) is 0 Å². The first-order valence-corrected chi connectivity index (χ1v) is 9.87. The van der Waals surface area contributed by atoms with Crippen LogP contribution in [-0.2, 0) is 14.6 Å². The summed E-state index contributed by atoms with van der Waals surface area (Å²) in [5, 5.41) is -0.602. The molecule has 0 radical (unpaired) electrons. The molecule has 25 heavy (non-hydrogen) atoms. The van der Waals surface area contributed by atoms with E-state index >= 15 is 0 Å². The molecule has 0 spiro atoms. The van der Waals surface area contributed by atoms with Gasteiger partial charge in [-0.2, -0.15) is 0 Å². The Balaban J connectivity index is 1.78. The lowest BCUT2D eigenvalue weighted by atomic mass is 9.94. The molecule has 0 N–H and O–H groups in total. The number of fused-ring (bicyclic) bond motifs is 2. The van der Waals surface area contributed by atoms with Gasteiger partial charge in [-0.05, 0) is 31.2 Å². The highest BCUT2D eigenvalue weighted by Gasteiger charge is 2.51. The molecule has 0 aromatic heterocycles. The molecule has 2 aromatic carbocycles. The molecule has 3 unspecified atom stereocenters. The van der Waals surface area contributed by atoms with Crippen LogP contribution in [0.5, 0.6) is 0 Å². The lowest BCUT2D eigenvalue weighted by Gasteiger charge is -2.30. The monoisotopic (exact) mass is 353 g/mol. The van der Waals surface area contributed by atoms with Crippen LogP contribution in [0.4, 0.5) is 0 Å². The Kier molecular flexibility index (Phi) is 3.85. The lowest BCUT2D eigenvalue weighted by Crippen LogP contribution is -2.43. The Hall–Kier alpha value is -2.24. The zero-order chi connectivity index (χ0) is 17.6. The number of likely N-dealkylation sites (N-methyl/N-ethyl adjacent to an activating group) is 1. The van der Waals surface area contributed by atoms with Crippen molar-refractivity contribution in [1.29, 1.82) is 0 Å². The second kappa shape index (κ2) is 5.93. The Morgan fingerprint density at radius 2 is 1.56 bits per heavy atom. The van der Waals surface area contributed by atoms with Gasteiger partial charge in [0.2, 0.25) is 0 Å². The van der Waals surface area contributed by atoms with Crippen LogP contribution < -0.4 is 0 Å². The fourth-order valence-electron chi connectivity index (χ4n) is 3.90. The van der Waals surface area contributed by atoms with Gasteiger partial charge in [-0.25, -0.2) is 8.42 Å². The van der Waals surface area contributed by atoms with Crippen molar-refractivity contribution >= 4 is 21.2 Å². The third-order valence-corrected chi connectivity index (χ3v) is 7.46. The van der Waals surface area contributed by atoms with Crippen LogP contribution in [0.3, 0.4) is 0 Å². The highest BCUT2D eigenvalue weighted by molar-refractivity contribution is 7.92. The van der Waals surface area contributed by atoms with E-state index in [-0.39, 0.29) is 17.9 Å². The summed E-state index contributed by atoms with van der Waals surface area (Å²) in [6.07, 6.45) is 2.18. The van der Waals surface area contributed by atoms with Crippen molar-refractivity contribution in [2.75, 3.05) is 7.05 Å². The van der Waals surface area contributed by atoms with E-state index in [0.29, 0.717) is 16.9 Å². The maximum atomic E-state index is 13.1. The van der Waals surface area contributed by atoms with Gasteiger partial charge in [0, 0.05) is 11.6 Å². The standard InChI is InChI=1S/C20H19NO3S/c1-21-17-12-16(14-8-4-2-5-9-14)20(22)18(21)13-19(17)25(23,24)15-10-6-3-7-11-15/h2-12,17-19H,13H2,1H3. The Morgan fingerprint density at radius 3 is 2.20 bits per heavy atom. The molecule has 3 atom stereocenters. The minimum Gasteiger partial charge on any atom is -0.292 e. The fraction of sp³-hybridized carbons (Fsp3) is 0.250. The van der Waals surface area contributed by atoms with Crippen molar-refractivity contribution in [3.05, 3.63) is 72.3 Å². The van der Waals surface area contributed by atoms with E-state index in [1.54, 1.807) is 30.3 Å². The molecule has 1 saturated heterocycles. The summed E-state index contributed by atoms with van der Waals surface area (Å²) in [6, 6.07) is 17.3. The molecule has 0 aliphatic carbocycles. The summed E-state index contributed by atoms with van der Waals surface area (Å²) in [7, 11) is -1.65. The molecule has 2 aromatic rings. The fourth-order valence-corrected chi connectivity index (χ4v) is 5.86. The van der Waals surface area contributed by atoms with E-state index in [2.05, 4.69) is 0 Å². The Labute approximate surface area is 147 Å². The predicted octanol–water partition coefficient (Wildman–Crippen LogP) is 2.57. The van der Waals surface area contributed by atoms with Crippen molar-refractivity contribution in [1.82, 2.24) is 4.90 Å². The summed E-state index contributed by atoms with van der Waals surface area (Å²) in [4.78, 5) is 15.1. The number of sulfone groups is 1. The van der Waals surface area contributed by atoms with Gasteiger partial charge >= 0.3 is 0 Å². The molecule has 0 amide bonds. The highest BCUT2D eigenvalue weighted by atomic mass is 32.2. The average Bonchev–Trinajstić information content (AvgIpc) is 2.88. The van der Waals surface area contributed by atoms with Crippen LogP contribution in [-0.4, -0.2) is 43.5 Å². The SMILES string of the molecule is CN1C2CC(S(=O)(=O)c3ccccc3)C1C=C(c1ccccc1)C2=O. The van der Waals surface area contributed by atoms with Crippen LogP contribution in [0, 0.1) is 0 Å². The second-order valence-corrected chi connectivity index (χ2v) is 8.78. The smallest absolute Gasteiger partial charge is 0.183 e. The predicted molar refractivity (Wildman–Crippen MR) is 96.8 cm³/mol. The topological polar surface area (TPSA) is 54.5 Å². The van der Waals surface area contributed by atoms with Gasteiger partial charge in [0.25, 0.3) is 0 Å². The molecular weight excluding hydrogens is 334 g/mol. The number of rotatable bonds is 3. The summed E-state index contributed by atoms with van der Waals surface area (Å²) < 4.78 is 26.2. The highest BCUT2D eigenvalue weighted by Crippen LogP contribution is 2.40. The normalized spacial score (nSPS) is 26.5. The minimum atomic E-state index is -3.49. The number of benzene rings is 2. The first-order valence-electron chi connectivity index (χ1n) is 8.32. The minimum absolute atomic E-state index is 0.00992. The van der Waals surface area contributed by atoms with E-state index < -0.39 is 15.1 Å². The number of hydrogen-bond acceptors (Lipinski definition) is 4. The average molecular weight is 353 g/mol. The first-order chi connectivity index (χ1) is 12.0. The van der Waals surface area contributed by atoms with Crippen LogP contribution in [0.1, 0.15) is 12.0 Å². The van der Waals surface area contributed by atoms with Gasteiger partial charge in [0.15, 0.2) is 15.6 Å². The molecule has 1 fully saturated rings. The number of carbonyl (C=O) groups is 1. The number of carbonyl (C=O) groups excluding carboxylic acids is 1. The van der Waals surface area contributed by atoms with Gasteiger partial charge < -0.3 is 0 Å². The molecular formula is C20H19NO3S. The summed E-state index contributed by atoms with van der Waals surface area (Å²) in [5.41, 5.74) is 1.49. The van der Waals surface area contributed by atoms with E-state index in [9.17, 15) is 13.2 Å². The van der Waals surface area contributed by atoms with Crippen molar-refractivity contribution in [3.63, 3.8) is 0 Å². The maximum Gasteiger partial charge on any atom is 0.183 e. The summed E-state index contributed by atoms with van der Waals surface area (Å²) in [5.74, 6) is 0.00992. The quantitative estimate of drug-likeness (QED) is 0.851. The summed E-state index contributed by atoms with van der Waals surface area (Å²) >= 11 is 0. The van der Waals surface area contributed by atoms with Gasteiger partial charge in [-0.1, -0.05) is 54.6 Å². The van der Waals surface area contributed by atoms with Crippen LogP contribution in [0.2, 0.25) is 0 Å². The molecule has 4 nitrogen and oxygen atoms in total. The molecule has 4 rings (SSSR count). The van der Waals surface area contributed by atoms with Crippen LogP contribution in [0.25, 0.3) is 5.57 Å². The van der Waals surface area contributed by atoms with Crippen molar-refractivity contribution in [2.24, 2.45) is 0 Å². The van der Waals surface area contributed by atoms with E-state index in [4.69, 9.17) is 0 Å². The molecule has 2 aliphatic rings. The second-order valence-electron chi connectivity index (χ2n) is 6.61. The van der Waals surface area contributed by atoms with E-state index in [1.807, 2.05) is 48.4 Å². The first kappa shape index (κ1) is 16.2. The van der Waals surface area contributed by atoms with E-state index in [0.717, 1.165) is 5.56 Å². The summed E-state index contributed by atoms with van der Waals surface area (Å²) in [6.45, 7) is 0. The Morgan fingerprint density at radius 1 is 0.960 bits per heavy atom. The molecule has 2 aliphatic heterocycles. The zero-order valence-electron chi connectivity index (χ0n) is 13.9. The largest absolute Gasteiger partial charge is 0.292 e. The van der Waals surface area contributed by atoms with Crippen LogP contribution >= 0.6 is 0 Å². The zero-order valence-corrected chi connectivity index (χ0v) is 14.7. The van der Waals surface area contributed by atoms with Crippen molar-refractivity contribution in [3.8, 4) is 0 Å². The number of Topliss-reactive ketones (excluding diaryl/α,β-unsaturated/α-hetero) is 1. The van der Waals surface area contributed by atoms with Crippen molar-refractivity contribution < 1.29 is 13.2 Å². The molecule has 5 heteroatoms. The third kappa shape index (κ3) is 2.55.